The van der Waals surface area contributed by atoms with Gasteiger partial charge in [-0.2, -0.15) is 0 Å². The van der Waals surface area contributed by atoms with E-state index in [0.29, 0.717) is 13.3 Å². The Bertz CT molecular complexity index is 10.0. The van der Waals surface area contributed by atoms with Gasteiger partial charge in [-0.1, -0.05) is 0 Å². The molecule has 0 radical (unpaired) electrons. The summed E-state index contributed by atoms with van der Waals surface area (Å²) >= 11 is 9.54. The van der Waals surface area contributed by atoms with Gasteiger partial charge in [-0.15, -0.1) is 13.2 Å². The van der Waals surface area contributed by atoms with Gasteiger partial charge in [-0.05, 0) is 0 Å². The summed E-state index contributed by atoms with van der Waals surface area (Å²) in [4.78, 5) is 0. The number of halogens is 5. The third-order valence-corrected chi connectivity index (χ3v) is 0. The Labute approximate surface area is 98.0 Å². The van der Waals surface area contributed by atoms with Gasteiger partial charge in [0.05, 0.1) is 0 Å². The van der Waals surface area contributed by atoms with Crippen molar-refractivity contribution in [2.24, 2.45) is 0 Å². The third kappa shape index (κ3) is 44.6. The Hall–Kier alpha value is 3.39. The van der Waals surface area contributed by atoms with Crippen molar-refractivity contribution in [1.82, 2.24) is 0 Å². The topological polar surface area (TPSA) is 0 Å². The molecule has 0 aliphatic heterocycles. The summed E-state index contributed by atoms with van der Waals surface area (Å²) in [6.07, 6.45) is 0. The molecule has 0 bridgehead atoms. The van der Waals surface area contributed by atoms with Crippen LogP contribution in [0.3, 0.4) is 0 Å². The molecule has 0 amide bonds. The molecule has 0 rings (SSSR count). The fourth-order valence-corrected chi connectivity index (χ4v) is 0. The van der Waals surface area contributed by atoms with Crippen LogP contribution in [0.2, 0.25) is 0 Å². The summed E-state index contributed by atoms with van der Waals surface area (Å²) in [5.74, 6) is 0. The second kappa shape index (κ2) is 34.3. The number of hydrogen-bond acceptors (Lipinski definition) is 0. The van der Waals surface area contributed by atoms with Crippen LogP contribution < -0.4 is 13.3 Å². The molecule has 48 valence electrons. The van der Waals surface area contributed by atoms with Crippen LogP contribution >= 0.6 is 74.5 Å². The first-order valence-electron chi connectivity index (χ1n) is 0.929. The van der Waals surface area contributed by atoms with E-state index in [0.717, 1.165) is 0 Å². The van der Waals surface area contributed by atoms with Gasteiger partial charge in [0.1, 0.15) is 0 Å². The van der Waals surface area contributed by atoms with Gasteiger partial charge >= 0.3 is 50.5 Å². The average Bonchev–Trinajstić information content (AvgIpc) is 1.78. The first-order valence-corrected chi connectivity index (χ1v) is 19.8. The predicted octanol–water partition coefficient (Wildman–Crippen LogP) is 1.35. The molecular formula is C2H4I5-. The molecule has 0 aromatic carbocycles. The monoisotopic (exact) mass is 663 g/mol. The van der Waals surface area contributed by atoms with E-state index in [2.05, 4.69) is 87.6 Å². The molecule has 5 heteroatoms. The zero-order valence-electron chi connectivity index (χ0n) is 3.30. The Morgan fingerprint density at radius 1 is 1.00 bits per heavy atom. The Kier molecular flexibility index (Phi) is 82.2. The van der Waals surface area contributed by atoms with E-state index in [1.54, 1.807) is 0 Å². The molecule has 0 fully saturated rings. The number of hydrogen-bond donors (Lipinski definition) is 0. The van der Waals surface area contributed by atoms with Gasteiger partial charge in [-0.25, -0.2) is 0 Å². The second-order valence-electron chi connectivity index (χ2n) is 0.0540. The summed E-state index contributed by atoms with van der Waals surface area (Å²) in [5.41, 5.74) is 0. The molecule has 0 atom stereocenters. The second-order valence-corrected chi connectivity index (χ2v) is 16.3. The molecule has 0 aromatic heterocycles. The van der Waals surface area contributed by atoms with Crippen molar-refractivity contribution in [3.05, 3.63) is 13.2 Å². The Balaban J connectivity index is -0.0000000360. The minimum atomic E-state index is 0.530. The van der Waals surface area contributed by atoms with Crippen molar-refractivity contribution < 1.29 is 13.3 Å². The van der Waals surface area contributed by atoms with Crippen molar-refractivity contribution in [3.63, 3.8) is 0 Å². The molecule has 0 nitrogen and oxygen atoms in total. The fourth-order valence-electron chi connectivity index (χ4n) is 0. The predicted molar refractivity (Wildman–Crippen MR) is 67.3 cm³/mol. The Morgan fingerprint density at radius 2 is 1.00 bits per heavy atom. The van der Waals surface area contributed by atoms with Crippen LogP contribution in [-0.2, 0) is 0 Å². The zero-order valence-corrected chi connectivity index (χ0v) is 14.1. The first kappa shape index (κ1) is 16.8. The van der Waals surface area contributed by atoms with Gasteiger partial charge in [-0.3, -0.25) is 0 Å². The third-order valence-electron chi connectivity index (χ3n) is 0. The molecule has 0 aliphatic carbocycles. The summed E-state index contributed by atoms with van der Waals surface area (Å²) in [5, 5.41) is 0. The average molecular weight is 663 g/mol. The van der Waals surface area contributed by atoms with Crippen LogP contribution in [0.5, 0.6) is 0 Å². The van der Waals surface area contributed by atoms with Crippen molar-refractivity contribution >= 4 is 74.5 Å². The maximum atomic E-state index is 3.00. The van der Waals surface area contributed by atoms with E-state index in [9.17, 15) is 0 Å². The van der Waals surface area contributed by atoms with Crippen molar-refractivity contribution in [3.8, 4) is 0 Å². The van der Waals surface area contributed by atoms with Crippen LogP contribution in [0.1, 0.15) is 0 Å². The standard InChI is InChI=1S/C2H4.I3.I2/c1-2;1-3-2;1-2/h1-2H2;;/q;-1;. The molecule has 0 unspecified atom stereocenters. The SMILES string of the molecule is C=C.II.I[I-]I. The van der Waals surface area contributed by atoms with E-state index in [-0.39, 0.29) is 0 Å². The van der Waals surface area contributed by atoms with Crippen LogP contribution in [0.4, 0.5) is 0 Å². The summed E-state index contributed by atoms with van der Waals surface area (Å²) < 4.78 is 0. The molecule has 0 aliphatic rings. The number of rotatable bonds is 0. The van der Waals surface area contributed by atoms with Crippen molar-refractivity contribution in [2.45, 2.75) is 0 Å². The van der Waals surface area contributed by atoms with Crippen LogP contribution in [0, 0.1) is 0 Å². The summed E-state index contributed by atoms with van der Waals surface area (Å²) in [7, 11) is 0. The maximum absolute atomic E-state index is 3.00. The molecule has 0 spiro atoms. The van der Waals surface area contributed by atoms with Crippen LogP contribution in [0.15, 0.2) is 13.2 Å². The quantitative estimate of drug-likeness (QED) is 0.272. The van der Waals surface area contributed by atoms with Crippen molar-refractivity contribution in [1.29, 1.82) is 0 Å². The normalized spacial score (nSPS) is 4.57. The van der Waals surface area contributed by atoms with E-state index in [4.69, 9.17) is 0 Å². The first-order chi connectivity index (χ1) is 3.41. The van der Waals surface area contributed by atoms with Gasteiger partial charge in [0.15, 0.2) is 0 Å². The van der Waals surface area contributed by atoms with Crippen LogP contribution in [0.25, 0.3) is 0 Å². The van der Waals surface area contributed by atoms with E-state index in [1.165, 1.54) is 0 Å². The van der Waals surface area contributed by atoms with E-state index >= 15 is 0 Å². The van der Waals surface area contributed by atoms with Gasteiger partial charge < -0.3 is 0 Å². The van der Waals surface area contributed by atoms with Crippen LogP contribution in [-0.4, -0.2) is 0 Å². The molecule has 0 saturated heterocycles. The summed E-state index contributed by atoms with van der Waals surface area (Å²) in [6, 6.07) is 0. The fraction of sp³-hybridized carbons (Fsp3) is 0. The van der Waals surface area contributed by atoms with E-state index < -0.39 is 0 Å². The van der Waals surface area contributed by atoms with E-state index in [1.807, 2.05) is 0 Å². The Morgan fingerprint density at radius 3 is 1.00 bits per heavy atom. The minimum absolute atomic E-state index is 0.530. The molecule has 0 N–H and O–H groups in total. The molecule has 0 saturated carbocycles. The summed E-state index contributed by atoms with van der Waals surface area (Å²) in [6.45, 7) is 6.00. The molecular weight excluding hydrogens is 659 g/mol. The van der Waals surface area contributed by atoms with Gasteiger partial charge in [0.2, 0.25) is 0 Å². The zero-order chi connectivity index (χ0) is 6.71. The molecule has 7 heavy (non-hydrogen) atoms. The molecule has 0 heterocycles. The molecule has 0 aromatic rings. The van der Waals surface area contributed by atoms with Gasteiger partial charge in [0, 0.05) is 37.2 Å². The van der Waals surface area contributed by atoms with Crippen molar-refractivity contribution in [2.75, 3.05) is 0 Å². The van der Waals surface area contributed by atoms with Gasteiger partial charge in [0.25, 0.3) is 0 Å².